The summed E-state index contributed by atoms with van der Waals surface area (Å²) in [7, 11) is 3.83. The van der Waals surface area contributed by atoms with Crippen molar-refractivity contribution in [3.63, 3.8) is 0 Å². The summed E-state index contributed by atoms with van der Waals surface area (Å²) in [6.45, 7) is 6.12. The third-order valence-corrected chi connectivity index (χ3v) is 3.73. The van der Waals surface area contributed by atoms with Crippen LogP contribution in [0.1, 0.15) is 27.9 Å². The number of H-pyrrole nitrogens is 1. The van der Waals surface area contributed by atoms with Gasteiger partial charge in [-0.15, -0.1) is 0 Å². The number of hydrogen-bond donors (Lipinski definition) is 1. The lowest BCUT2D eigenvalue weighted by Crippen LogP contribution is -2.24. The number of pyridine rings is 1. The van der Waals surface area contributed by atoms with Gasteiger partial charge in [0.2, 0.25) is 0 Å². The summed E-state index contributed by atoms with van der Waals surface area (Å²) in [5.74, 6) is 0. The highest BCUT2D eigenvalue weighted by atomic mass is 16.1. The van der Waals surface area contributed by atoms with Gasteiger partial charge in [0.05, 0.1) is 0 Å². The van der Waals surface area contributed by atoms with Gasteiger partial charge in [0.25, 0.3) is 5.56 Å². The van der Waals surface area contributed by atoms with E-state index in [0.717, 1.165) is 28.9 Å². The number of benzene rings is 1. The van der Waals surface area contributed by atoms with E-state index in [1.165, 1.54) is 11.1 Å². The standard InChI is InChI=1S/C17H22N2O/c1-11-7-6-8-14(9-11)10-15-12(2)13(3)18-17(20)16(15)19(4)5/h6-9H,10H2,1-5H3,(H,18,20). The van der Waals surface area contributed by atoms with E-state index in [0.29, 0.717) is 0 Å². The van der Waals surface area contributed by atoms with Gasteiger partial charge < -0.3 is 9.88 Å². The first-order valence-electron chi connectivity index (χ1n) is 6.85. The zero-order valence-electron chi connectivity index (χ0n) is 12.9. The molecular formula is C17H22N2O. The van der Waals surface area contributed by atoms with Gasteiger partial charge >= 0.3 is 0 Å². The Hall–Kier alpha value is -2.03. The van der Waals surface area contributed by atoms with Crippen molar-refractivity contribution in [2.45, 2.75) is 27.2 Å². The van der Waals surface area contributed by atoms with E-state index in [2.05, 4.69) is 43.1 Å². The molecule has 0 amide bonds. The fraction of sp³-hybridized carbons (Fsp3) is 0.353. The van der Waals surface area contributed by atoms with E-state index >= 15 is 0 Å². The van der Waals surface area contributed by atoms with Crippen molar-refractivity contribution in [3.05, 3.63) is 62.6 Å². The van der Waals surface area contributed by atoms with E-state index in [9.17, 15) is 4.79 Å². The van der Waals surface area contributed by atoms with Gasteiger partial charge in [-0.25, -0.2) is 0 Å². The smallest absolute Gasteiger partial charge is 0.271 e. The molecule has 0 saturated carbocycles. The third kappa shape index (κ3) is 2.77. The van der Waals surface area contributed by atoms with E-state index in [4.69, 9.17) is 0 Å². The molecule has 2 aromatic rings. The molecule has 1 aromatic carbocycles. The number of aromatic amines is 1. The maximum atomic E-state index is 12.2. The number of nitrogens with zero attached hydrogens (tertiary/aromatic N) is 1. The highest BCUT2D eigenvalue weighted by Crippen LogP contribution is 2.23. The van der Waals surface area contributed by atoms with Crippen LogP contribution in [0.15, 0.2) is 29.1 Å². The second kappa shape index (κ2) is 5.53. The highest BCUT2D eigenvalue weighted by Gasteiger charge is 2.15. The van der Waals surface area contributed by atoms with Gasteiger partial charge in [0.1, 0.15) is 5.69 Å². The molecule has 0 aliphatic carbocycles. The summed E-state index contributed by atoms with van der Waals surface area (Å²) in [6.07, 6.45) is 0.784. The lowest BCUT2D eigenvalue weighted by Gasteiger charge is -2.20. The Balaban J connectivity index is 2.58. The fourth-order valence-electron chi connectivity index (χ4n) is 2.58. The molecule has 0 atom stereocenters. The van der Waals surface area contributed by atoms with Gasteiger partial charge in [-0.2, -0.15) is 0 Å². The van der Waals surface area contributed by atoms with Crippen molar-refractivity contribution in [1.29, 1.82) is 0 Å². The first kappa shape index (κ1) is 14.4. The molecule has 0 saturated heterocycles. The number of anilines is 1. The number of aromatic nitrogens is 1. The number of hydrogen-bond acceptors (Lipinski definition) is 2. The normalized spacial score (nSPS) is 10.7. The topological polar surface area (TPSA) is 36.1 Å². The number of aryl methyl sites for hydroxylation is 2. The summed E-state index contributed by atoms with van der Waals surface area (Å²) >= 11 is 0. The van der Waals surface area contributed by atoms with E-state index in [1.54, 1.807) is 0 Å². The largest absolute Gasteiger partial charge is 0.373 e. The minimum atomic E-state index is -0.0132. The Kier molecular flexibility index (Phi) is 3.98. The summed E-state index contributed by atoms with van der Waals surface area (Å²) in [4.78, 5) is 17.0. The lowest BCUT2D eigenvalue weighted by molar-refractivity contribution is 0.986. The minimum Gasteiger partial charge on any atom is -0.373 e. The van der Waals surface area contributed by atoms with Crippen LogP contribution >= 0.6 is 0 Å². The number of rotatable bonds is 3. The quantitative estimate of drug-likeness (QED) is 0.931. The first-order valence-corrected chi connectivity index (χ1v) is 6.85. The second-order valence-electron chi connectivity index (χ2n) is 5.59. The van der Waals surface area contributed by atoms with Crippen molar-refractivity contribution in [3.8, 4) is 0 Å². The molecular weight excluding hydrogens is 248 g/mol. The molecule has 1 heterocycles. The van der Waals surface area contributed by atoms with Crippen LogP contribution in [0.4, 0.5) is 5.69 Å². The summed E-state index contributed by atoms with van der Waals surface area (Å²) in [6, 6.07) is 8.44. The predicted molar refractivity (Wildman–Crippen MR) is 84.8 cm³/mol. The van der Waals surface area contributed by atoms with E-state index < -0.39 is 0 Å². The molecule has 106 valence electrons. The van der Waals surface area contributed by atoms with Gasteiger partial charge in [0.15, 0.2) is 0 Å². The summed E-state index contributed by atoms with van der Waals surface area (Å²) < 4.78 is 0. The molecule has 1 aromatic heterocycles. The maximum Gasteiger partial charge on any atom is 0.271 e. The van der Waals surface area contributed by atoms with Crippen molar-refractivity contribution in [2.24, 2.45) is 0 Å². The average Bonchev–Trinajstić information content (AvgIpc) is 2.35. The monoisotopic (exact) mass is 270 g/mol. The Morgan fingerprint density at radius 3 is 2.45 bits per heavy atom. The van der Waals surface area contributed by atoms with Gasteiger partial charge in [0, 0.05) is 26.2 Å². The minimum absolute atomic E-state index is 0.0132. The Labute approximate surface area is 120 Å². The molecule has 20 heavy (non-hydrogen) atoms. The molecule has 0 radical (unpaired) electrons. The van der Waals surface area contributed by atoms with Crippen LogP contribution in [-0.2, 0) is 6.42 Å². The van der Waals surface area contributed by atoms with Crippen LogP contribution in [-0.4, -0.2) is 19.1 Å². The Morgan fingerprint density at radius 1 is 1.15 bits per heavy atom. The first-order chi connectivity index (χ1) is 9.40. The number of nitrogens with one attached hydrogen (secondary N) is 1. The summed E-state index contributed by atoms with van der Waals surface area (Å²) in [5.41, 5.74) is 6.45. The van der Waals surface area contributed by atoms with E-state index in [1.807, 2.05) is 25.9 Å². The van der Waals surface area contributed by atoms with Gasteiger partial charge in [-0.1, -0.05) is 29.8 Å². The van der Waals surface area contributed by atoms with Crippen molar-refractivity contribution >= 4 is 5.69 Å². The van der Waals surface area contributed by atoms with E-state index in [-0.39, 0.29) is 5.56 Å². The van der Waals surface area contributed by atoms with Crippen LogP contribution < -0.4 is 10.5 Å². The van der Waals surface area contributed by atoms with Crippen LogP contribution in [0.25, 0.3) is 0 Å². The molecule has 3 heteroatoms. The molecule has 0 aliphatic heterocycles. The third-order valence-electron chi connectivity index (χ3n) is 3.73. The predicted octanol–water partition coefficient (Wildman–Crippen LogP) is 2.96. The van der Waals surface area contributed by atoms with Crippen LogP contribution in [0.5, 0.6) is 0 Å². The zero-order chi connectivity index (χ0) is 14.9. The van der Waals surface area contributed by atoms with Crippen LogP contribution in [0.3, 0.4) is 0 Å². The SMILES string of the molecule is Cc1cccc(Cc2c(C)c(C)[nH]c(=O)c2N(C)C)c1. The molecule has 0 spiro atoms. The summed E-state index contributed by atoms with van der Waals surface area (Å²) in [5, 5.41) is 0. The van der Waals surface area contributed by atoms with Crippen molar-refractivity contribution in [1.82, 2.24) is 4.98 Å². The second-order valence-corrected chi connectivity index (χ2v) is 5.59. The molecule has 0 fully saturated rings. The fourth-order valence-corrected chi connectivity index (χ4v) is 2.58. The molecule has 1 N–H and O–H groups in total. The molecule has 0 bridgehead atoms. The van der Waals surface area contributed by atoms with Crippen molar-refractivity contribution < 1.29 is 0 Å². The van der Waals surface area contributed by atoms with Gasteiger partial charge in [-0.05, 0) is 37.5 Å². The van der Waals surface area contributed by atoms with Crippen molar-refractivity contribution in [2.75, 3.05) is 19.0 Å². The lowest BCUT2D eigenvalue weighted by atomic mass is 9.97. The molecule has 2 rings (SSSR count). The van der Waals surface area contributed by atoms with Crippen LogP contribution in [0, 0.1) is 20.8 Å². The molecule has 0 aliphatic rings. The highest BCUT2D eigenvalue weighted by molar-refractivity contribution is 5.56. The zero-order valence-corrected chi connectivity index (χ0v) is 12.9. The average molecular weight is 270 g/mol. The molecule has 3 nitrogen and oxygen atoms in total. The van der Waals surface area contributed by atoms with Gasteiger partial charge in [-0.3, -0.25) is 4.79 Å². The Bertz CT molecular complexity index is 684. The van der Waals surface area contributed by atoms with Crippen LogP contribution in [0.2, 0.25) is 0 Å². The maximum absolute atomic E-state index is 12.2. The molecule has 0 unspecified atom stereocenters. The Morgan fingerprint density at radius 2 is 1.85 bits per heavy atom.